The molecule has 0 heterocycles. The fourth-order valence-electron chi connectivity index (χ4n) is 2.50. The van der Waals surface area contributed by atoms with Crippen molar-refractivity contribution in [3.63, 3.8) is 0 Å². The zero-order chi connectivity index (χ0) is 22.1. The highest BCUT2D eigenvalue weighted by molar-refractivity contribution is 6.30. The zero-order valence-corrected chi connectivity index (χ0v) is 17.0. The van der Waals surface area contributed by atoms with Crippen LogP contribution in [0.15, 0.2) is 84.0 Å². The number of hydrazone groups is 1. The molecule has 0 aliphatic carbocycles. The molecule has 0 unspecified atom stereocenters. The summed E-state index contributed by atoms with van der Waals surface area (Å²) in [5.74, 6) is -1.12. The van der Waals surface area contributed by atoms with Crippen LogP contribution in [0, 0.1) is 0 Å². The van der Waals surface area contributed by atoms with Gasteiger partial charge in [-0.25, -0.2) is 10.2 Å². The van der Waals surface area contributed by atoms with Gasteiger partial charge in [0.15, 0.2) is 0 Å². The van der Waals surface area contributed by atoms with Crippen LogP contribution in [0.3, 0.4) is 0 Å². The quantitative estimate of drug-likeness (QED) is 0.192. The van der Waals surface area contributed by atoms with Crippen molar-refractivity contribution in [2.75, 3.05) is 5.32 Å². The van der Waals surface area contributed by atoms with E-state index in [0.717, 1.165) is 0 Å². The molecule has 0 radical (unpaired) electrons. The molecule has 3 rings (SSSR count). The number of nitrogens with zero attached hydrogens (tertiary/aromatic N) is 1. The van der Waals surface area contributed by atoms with Crippen molar-refractivity contribution < 1.29 is 19.1 Å². The first-order valence-electron chi connectivity index (χ1n) is 9.24. The first-order valence-corrected chi connectivity index (χ1v) is 9.62. The lowest BCUT2D eigenvalue weighted by atomic mass is 10.2. The van der Waals surface area contributed by atoms with Gasteiger partial charge in [-0.1, -0.05) is 35.9 Å². The van der Waals surface area contributed by atoms with Gasteiger partial charge in [0.2, 0.25) is 11.8 Å². The van der Waals surface area contributed by atoms with Crippen molar-refractivity contribution in [3.05, 3.63) is 95.0 Å². The molecule has 0 aliphatic heterocycles. The van der Waals surface area contributed by atoms with Gasteiger partial charge < -0.3 is 10.1 Å². The van der Waals surface area contributed by atoms with Gasteiger partial charge in [0.05, 0.1) is 11.8 Å². The minimum atomic E-state index is -0.566. The minimum Gasteiger partial charge on any atom is -0.423 e. The second-order valence-corrected chi connectivity index (χ2v) is 6.79. The molecule has 0 fully saturated rings. The number of carbonyl (C=O) groups is 3. The van der Waals surface area contributed by atoms with E-state index in [4.69, 9.17) is 16.3 Å². The Morgan fingerprint density at radius 2 is 1.65 bits per heavy atom. The van der Waals surface area contributed by atoms with Crippen LogP contribution in [0.2, 0.25) is 5.02 Å². The van der Waals surface area contributed by atoms with Crippen LogP contribution < -0.4 is 15.5 Å². The third-order valence-corrected chi connectivity index (χ3v) is 4.17. The van der Waals surface area contributed by atoms with Crippen LogP contribution in [0.5, 0.6) is 5.75 Å². The molecule has 0 spiro atoms. The Morgan fingerprint density at radius 1 is 0.903 bits per heavy atom. The van der Waals surface area contributed by atoms with Gasteiger partial charge in [0.1, 0.15) is 12.2 Å². The van der Waals surface area contributed by atoms with Gasteiger partial charge in [0, 0.05) is 10.7 Å². The fraction of sp³-hybridized carbons (Fsp3) is 0.0435. The summed E-state index contributed by atoms with van der Waals surface area (Å²) in [7, 11) is 0. The van der Waals surface area contributed by atoms with Crippen molar-refractivity contribution in [1.29, 1.82) is 0 Å². The maximum Gasteiger partial charge on any atom is 0.343 e. The summed E-state index contributed by atoms with van der Waals surface area (Å²) >= 11 is 5.85. The SMILES string of the molecule is O=C(CC(=O)Nc1cccc(Cl)c1)N/N=C\c1ccc(OC(=O)c2ccccc2)cc1. The molecule has 0 aromatic heterocycles. The lowest BCUT2D eigenvalue weighted by Crippen LogP contribution is -2.24. The molecule has 3 aromatic rings. The number of carbonyl (C=O) groups excluding carboxylic acids is 3. The molecule has 31 heavy (non-hydrogen) atoms. The lowest BCUT2D eigenvalue weighted by Gasteiger charge is -2.05. The molecule has 0 saturated carbocycles. The Hall–Kier alpha value is -3.97. The number of benzene rings is 3. The zero-order valence-electron chi connectivity index (χ0n) is 16.2. The summed E-state index contributed by atoms with van der Waals surface area (Å²) in [6.07, 6.45) is 1.02. The van der Waals surface area contributed by atoms with E-state index in [1.807, 2.05) is 6.07 Å². The molecule has 2 amide bonds. The first kappa shape index (κ1) is 21.7. The Morgan fingerprint density at radius 3 is 2.35 bits per heavy atom. The maximum absolute atomic E-state index is 12.0. The number of amides is 2. The number of esters is 1. The van der Waals surface area contributed by atoms with E-state index in [-0.39, 0.29) is 0 Å². The third kappa shape index (κ3) is 7.09. The van der Waals surface area contributed by atoms with Crippen LogP contribution in [0.25, 0.3) is 0 Å². The van der Waals surface area contributed by atoms with E-state index >= 15 is 0 Å². The molecule has 0 saturated heterocycles. The molecule has 0 aliphatic rings. The first-order chi connectivity index (χ1) is 15.0. The lowest BCUT2D eigenvalue weighted by molar-refractivity contribution is -0.126. The maximum atomic E-state index is 12.0. The van der Waals surface area contributed by atoms with Crippen molar-refractivity contribution in [3.8, 4) is 5.75 Å². The molecular weight excluding hydrogens is 418 g/mol. The van der Waals surface area contributed by atoms with Crippen LogP contribution in [0.1, 0.15) is 22.3 Å². The molecular formula is C23H18ClN3O4. The Bertz CT molecular complexity index is 1100. The van der Waals surface area contributed by atoms with Crippen LogP contribution in [-0.4, -0.2) is 24.0 Å². The molecule has 7 nitrogen and oxygen atoms in total. The third-order valence-electron chi connectivity index (χ3n) is 3.93. The van der Waals surface area contributed by atoms with Crippen molar-refractivity contribution in [1.82, 2.24) is 5.43 Å². The second kappa shape index (κ2) is 10.7. The predicted octanol–water partition coefficient (Wildman–Crippen LogP) is 4.04. The van der Waals surface area contributed by atoms with Crippen molar-refractivity contribution in [2.24, 2.45) is 5.10 Å². The predicted molar refractivity (Wildman–Crippen MR) is 118 cm³/mol. The van der Waals surface area contributed by atoms with Gasteiger partial charge in [-0.2, -0.15) is 5.10 Å². The molecule has 156 valence electrons. The van der Waals surface area contributed by atoms with Crippen molar-refractivity contribution in [2.45, 2.75) is 6.42 Å². The highest BCUT2D eigenvalue weighted by Crippen LogP contribution is 2.15. The summed E-state index contributed by atoms with van der Waals surface area (Å²) < 4.78 is 5.29. The molecule has 3 aromatic carbocycles. The Balaban J connectivity index is 1.45. The summed E-state index contributed by atoms with van der Waals surface area (Å²) in [6, 6.07) is 21.9. The van der Waals surface area contributed by atoms with Gasteiger partial charge in [-0.15, -0.1) is 0 Å². The summed E-state index contributed by atoms with van der Waals surface area (Å²) in [6.45, 7) is 0. The second-order valence-electron chi connectivity index (χ2n) is 6.35. The van der Waals surface area contributed by atoms with E-state index < -0.39 is 24.2 Å². The number of rotatable bonds is 7. The highest BCUT2D eigenvalue weighted by Gasteiger charge is 2.09. The van der Waals surface area contributed by atoms with Crippen LogP contribution in [0.4, 0.5) is 5.69 Å². The van der Waals surface area contributed by atoms with E-state index in [0.29, 0.717) is 27.6 Å². The topological polar surface area (TPSA) is 96.9 Å². The number of ether oxygens (including phenoxy) is 1. The highest BCUT2D eigenvalue weighted by atomic mass is 35.5. The van der Waals surface area contributed by atoms with Crippen LogP contribution >= 0.6 is 11.6 Å². The molecule has 0 atom stereocenters. The summed E-state index contributed by atoms with van der Waals surface area (Å²) in [5.41, 5.74) is 3.91. The van der Waals surface area contributed by atoms with E-state index in [9.17, 15) is 14.4 Å². The van der Waals surface area contributed by atoms with Gasteiger partial charge in [-0.05, 0) is 60.2 Å². The average molecular weight is 436 g/mol. The number of anilines is 1. The summed E-state index contributed by atoms with van der Waals surface area (Å²) in [4.78, 5) is 35.8. The Kier molecular flexibility index (Phi) is 7.50. The number of halogens is 1. The van der Waals surface area contributed by atoms with E-state index in [1.165, 1.54) is 6.21 Å². The molecule has 2 N–H and O–H groups in total. The normalized spacial score (nSPS) is 10.5. The largest absolute Gasteiger partial charge is 0.423 e. The summed E-state index contributed by atoms with van der Waals surface area (Å²) in [5, 5.41) is 6.88. The molecule has 0 bridgehead atoms. The van der Waals surface area contributed by atoms with Gasteiger partial charge in [-0.3, -0.25) is 9.59 Å². The molecule has 8 heteroatoms. The Labute approximate surface area is 183 Å². The van der Waals surface area contributed by atoms with Gasteiger partial charge >= 0.3 is 5.97 Å². The number of nitrogens with one attached hydrogen (secondary N) is 2. The minimum absolute atomic E-state index is 0.382. The monoisotopic (exact) mass is 435 g/mol. The number of hydrogen-bond acceptors (Lipinski definition) is 5. The average Bonchev–Trinajstić information content (AvgIpc) is 2.75. The van der Waals surface area contributed by atoms with Gasteiger partial charge in [0.25, 0.3) is 0 Å². The fourth-order valence-corrected chi connectivity index (χ4v) is 2.69. The number of hydrogen-bond donors (Lipinski definition) is 2. The van der Waals surface area contributed by atoms with E-state index in [1.54, 1.807) is 72.8 Å². The van der Waals surface area contributed by atoms with Crippen molar-refractivity contribution >= 4 is 41.3 Å². The smallest absolute Gasteiger partial charge is 0.343 e. The van der Waals surface area contributed by atoms with E-state index in [2.05, 4.69) is 15.8 Å². The standard InChI is InChI=1S/C23H18ClN3O4/c24-18-7-4-8-19(13-18)26-21(28)14-22(29)27-25-15-16-9-11-20(12-10-16)31-23(30)17-5-2-1-3-6-17/h1-13,15H,14H2,(H,26,28)(H,27,29)/b25-15-. The van der Waals surface area contributed by atoms with Crippen LogP contribution in [-0.2, 0) is 9.59 Å².